The van der Waals surface area contributed by atoms with E-state index >= 15 is 0 Å². The smallest absolute Gasteiger partial charge is 0.231 e. The van der Waals surface area contributed by atoms with Crippen molar-refractivity contribution < 1.29 is 14.6 Å². The molecule has 0 saturated carbocycles. The number of nitrogens with zero attached hydrogens (tertiary/aromatic N) is 1. The molecular formula is C14H21NO3. The zero-order chi connectivity index (χ0) is 13.1. The summed E-state index contributed by atoms with van der Waals surface area (Å²) in [7, 11) is 0. The number of fused-ring (bicyclic) bond motifs is 1. The summed E-state index contributed by atoms with van der Waals surface area (Å²) in [6.45, 7) is 8.48. The molecule has 1 aromatic carbocycles. The molecule has 0 aromatic heterocycles. The monoisotopic (exact) mass is 251 g/mol. The van der Waals surface area contributed by atoms with Crippen molar-refractivity contribution in [3.63, 3.8) is 0 Å². The van der Waals surface area contributed by atoms with Crippen molar-refractivity contribution in [1.29, 1.82) is 0 Å². The van der Waals surface area contributed by atoms with Crippen LogP contribution in [0.3, 0.4) is 0 Å². The van der Waals surface area contributed by atoms with Gasteiger partial charge in [0, 0.05) is 24.2 Å². The number of ether oxygens (including phenoxy) is 2. The van der Waals surface area contributed by atoms with Crippen molar-refractivity contribution in [1.82, 2.24) is 4.90 Å². The van der Waals surface area contributed by atoms with Gasteiger partial charge in [0.15, 0.2) is 11.5 Å². The number of rotatable bonds is 5. The molecule has 0 atom stereocenters. The third kappa shape index (κ3) is 2.70. The van der Waals surface area contributed by atoms with Crippen LogP contribution in [0.15, 0.2) is 12.1 Å². The van der Waals surface area contributed by atoms with Gasteiger partial charge in [-0.1, -0.05) is 6.92 Å². The number of phenols is 1. The molecule has 100 valence electrons. The van der Waals surface area contributed by atoms with Gasteiger partial charge in [0.25, 0.3) is 0 Å². The molecule has 1 aromatic rings. The van der Waals surface area contributed by atoms with Crippen molar-refractivity contribution >= 4 is 0 Å². The van der Waals surface area contributed by atoms with Crippen LogP contribution in [-0.2, 0) is 6.54 Å². The van der Waals surface area contributed by atoms with Gasteiger partial charge in [-0.25, -0.2) is 0 Å². The summed E-state index contributed by atoms with van der Waals surface area (Å²) in [5.74, 6) is 1.63. The van der Waals surface area contributed by atoms with Crippen LogP contribution in [0.4, 0.5) is 0 Å². The molecule has 1 aliphatic rings. The summed E-state index contributed by atoms with van der Waals surface area (Å²) in [5.41, 5.74) is 0.890. The summed E-state index contributed by atoms with van der Waals surface area (Å²) < 4.78 is 10.6. The first-order valence-corrected chi connectivity index (χ1v) is 6.47. The summed E-state index contributed by atoms with van der Waals surface area (Å²) in [5, 5.41) is 10.0. The maximum Gasteiger partial charge on any atom is 0.231 e. The highest BCUT2D eigenvalue weighted by Gasteiger charge is 2.19. The lowest BCUT2D eigenvalue weighted by Crippen LogP contribution is -2.31. The molecule has 4 heteroatoms. The third-order valence-corrected chi connectivity index (χ3v) is 3.19. The first kappa shape index (κ1) is 13.0. The van der Waals surface area contributed by atoms with Gasteiger partial charge < -0.3 is 14.6 Å². The second-order valence-corrected chi connectivity index (χ2v) is 4.90. The Labute approximate surface area is 108 Å². The number of hydrogen-bond acceptors (Lipinski definition) is 4. The molecular weight excluding hydrogens is 230 g/mol. The summed E-state index contributed by atoms with van der Waals surface area (Å²) in [6.07, 6.45) is 1.10. The van der Waals surface area contributed by atoms with E-state index in [1.807, 2.05) is 6.07 Å². The number of hydrogen-bond donors (Lipinski definition) is 1. The van der Waals surface area contributed by atoms with Crippen LogP contribution < -0.4 is 9.47 Å². The molecule has 4 nitrogen and oxygen atoms in total. The molecule has 0 unspecified atom stereocenters. The quantitative estimate of drug-likeness (QED) is 0.873. The molecule has 0 amide bonds. The van der Waals surface area contributed by atoms with E-state index in [1.165, 1.54) is 0 Å². The zero-order valence-electron chi connectivity index (χ0n) is 11.3. The summed E-state index contributed by atoms with van der Waals surface area (Å²) >= 11 is 0. The predicted octanol–water partition coefficient (Wildman–Crippen LogP) is 2.74. The maximum absolute atomic E-state index is 10.0. The van der Waals surface area contributed by atoms with Crippen molar-refractivity contribution in [3.8, 4) is 17.2 Å². The van der Waals surface area contributed by atoms with Gasteiger partial charge >= 0.3 is 0 Å². The van der Waals surface area contributed by atoms with E-state index in [9.17, 15) is 5.11 Å². The zero-order valence-corrected chi connectivity index (χ0v) is 11.3. The molecule has 0 fully saturated rings. The van der Waals surface area contributed by atoms with Gasteiger partial charge in [0.2, 0.25) is 6.79 Å². The average Bonchev–Trinajstić information content (AvgIpc) is 2.75. The topological polar surface area (TPSA) is 41.9 Å². The number of phenolic OH excluding ortho intramolecular Hbond substituents is 1. The second kappa shape index (κ2) is 5.48. The normalized spacial score (nSPS) is 13.6. The third-order valence-electron chi connectivity index (χ3n) is 3.19. The fourth-order valence-electron chi connectivity index (χ4n) is 2.13. The highest BCUT2D eigenvalue weighted by Crippen LogP contribution is 2.38. The molecule has 1 N–H and O–H groups in total. The first-order valence-electron chi connectivity index (χ1n) is 6.47. The highest BCUT2D eigenvalue weighted by atomic mass is 16.7. The first-order chi connectivity index (χ1) is 8.61. The lowest BCUT2D eigenvalue weighted by molar-refractivity contribution is 0.173. The number of benzene rings is 1. The Morgan fingerprint density at radius 3 is 2.56 bits per heavy atom. The Kier molecular flexibility index (Phi) is 3.97. The lowest BCUT2D eigenvalue weighted by Gasteiger charge is -2.26. The van der Waals surface area contributed by atoms with E-state index in [0.717, 1.165) is 30.8 Å². The van der Waals surface area contributed by atoms with E-state index in [2.05, 4.69) is 25.7 Å². The van der Waals surface area contributed by atoms with Crippen LogP contribution >= 0.6 is 0 Å². The predicted molar refractivity (Wildman–Crippen MR) is 70.1 cm³/mol. The standard InChI is InChI=1S/C14H21NO3/c1-4-5-15(10(2)3)8-11-6-13-14(7-12(11)16)18-9-17-13/h6-7,10,16H,4-5,8-9H2,1-3H3. The minimum absolute atomic E-state index is 0.237. The largest absolute Gasteiger partial charge is 0.507 e. The Morgan fingerprint density at radius 2 is 1.94 bits per heavy atom. The molecule has 0 bridgehead atoms. The van der Waals surface area contributed by atoms with Crippen LogP contribution in [0.2, 0.25) is 0 Å². The van der Waals surface area contributed by atoms with Gasteiger partial charge in [-0.3, -0.25) is 4.90 Å². The van der Waals surface area contributed by atoms with E-state index in [0.29, 0.717) is 11.8 Å². The Hall–Kier alpha value is -1.42. The van der Waals surface area contributed by atoms with Gasteiger partial charge in [-0.05, 0) is 32.9 Å². The molecule has 18 heavy (non-hydrogen) atoms. The van der Waals surface area contributed by atoms with Crippen LogP contribution in [0.1, 0.15) is 32.8 Å². The minimum Gasteiger partial charge on any atom is -0.507 e. The van der Waals surface area contributed by atoms with Gasteiger partial charge in [0.1, 0.15) is 5.75 Å². The SMILES string of the molecule is CCCN(Cc1cc2c(cc1O)OCO2)C(C)C. The molecule has 0 radical (unpaired) electrons. The molecule has 0 aliphatic carbocycles. The highest BCUT2D eigenvalue weighted by molar-refractivity contribution is 5.51. The van der Waals surface area contributed by atoms with Crippen molar-refractivity contribution in [3.05, 3.63) is 17.7 Å². The average molecular weight is 251 g/mol. The molecule has 1 aliphatic heterocycles. The maximum atomic E-state index is 10.0. The molecule has 0 spiro atoms. The minimum atomic E-state index is 0.237. The fourth-order valence-corrected chi connectivity index (χ4v) is 2.13. The Balaban J connectivity index is 2.17. The Morgan fingerprint density at radius 1 is 1.28 bits per heavy atom. The van der Waals surface area contributed by atoms with Crippen molar-refractivity contribution in [2.24, 2.45) is 0 Å². The van der Waals surface area contributed by atoms with Crippen LogP contribution in [0.25, 0.3) is 0 Å². The fraction of sp³-hybridized carbons (Fsp3) is 0.571. The van der Waals surface area contributed by atoms with Gasteiger partial charge in [0.05, 0.1) is 0 Å². The van der Waals surface area contributed by atoms with Crippen molar-refractivity contribution in [2.45, 2.75) is 39.8 Å². The Bertz CT molecular complexity index is 418. The van der Waals surface area contributed by atoms with Crippen LogP contribution in [0, 0.1) is 0 Å². The van der Waals surface area contributed by atoms with E-state index in [1.54, 1.807) is 6.07 Å². The summed E-state index contributed by atoms with van der Waals surface area (Å²) in [6, 6.07) is 3.97. The van der Waals surface area contributed by atoms with E-state index < -0.39 is 0 Å². The molecule has 2 rings (SSSR count). The second-order valence-electron chi connectivity index (χ2n) is 4.90. The molecule has 1 heterocycles. The van der Waals surface area contributed by atoms with Crippen LogP contribution in [0.5, 0.6) is 17.2 Å². The lowest BCUT2D eigenvalue weighted by atomic mass is 10.1. The van der Waals surface area contributed by atoms with Crippen LogP contribution in [-0.4, -0.2) is 29.4 Å². The van der Waals surface area contributed by atoms with E-state index in [4.69, 9.17) is 9.47 Å². The molecule has 0 saturated heterocycles. The van der Waals surface area contributed by atoms with E-state index in [-0.39, 0.29) is 12.5 Å². The van der Waals surface area contributed by atoms with Gasteiger partial charge in [-0.15, -0.1) is 0 Å². The number of aromatic hydroxyl groups is 1. The van der Waals surface area contributed by atoms with Crippen molar-refractivity contribution in [2.75, 3.05) is 13.3 Å². The van der Waals surface area contributed by atoms with Gasteiger partial charge in [-0.2, -0.15) is 0 Å². The summed E-state index contributed by atoms with van der Waals surface area (Å²) in [4.78, 5) is 2.33.